The van der Waals surface area contributed by atoms with Crippen molar-refractivity contribution in [1.29, 1.82) is 0 Å². The molecule has 0 radical (unpaired) electrons. The van der Waals surface area contributed by atoms with Gasteiger partial charge in [-0.25, -0.2) is 4.79 Å². The molecule has 0 bridgehead atoms. The van der Waals surface area contributed by atoms with Gasteiger partial charge in [-0.1, -0.05) is 6.58 Å². The van der Waals surface area contributed by atoms with E-state index < -0.39 is 11.7 Å². The van der Waals surface area contributed by atoms with Gasteiger partial charge in [-0.3, -0.25) is 0 Å². The van der Waals surface area contributed by atoms with Crippen molar-refractivity contribution in [2.24, 2.45) is 11.5 Å². The first-order chi connectivity index (χ1) is 4.59. The molecular weight excluding hydrogens is 134 g/mol. The Bertz CT molecular complexity index is 185. The summed E-state index contributed by atoms with van der Waals surface area (Å²) in [6, 6.07) is 0. The smallest absolute Gasteiger partial charge is 0.355 e. The Balaban J connectivity index is 4.33. The van der Waals surface area contributed by atoms with Gasteiger partial charge < -0.3 is 21.9 Å². The van der Waals surface area contributed by atoms with Crippen LogP contribution in [-0.4, -0.2) is 11.1 Å². The van der Waals surface area contributed by atoms with Crippen LogP contribution in [0, 0.1) is 0 Å². The Labute approximate surface area is 58.0 Å². The molecule has 10 heavy (non-hydrogen) atoms. The SMILES string of the molecule is C=CN/C(N)=C(\N)C(=O)O. The van der Waals surface area contributed by atoms with E-state index >= 15 is 0 Å². The Kier molecular flexibility index (Phi) is 2.83. The predicted molar refractivity (Wildman–Crippen MR) is 36.4 cm³/mol. The van der Waals surface area contributed by atoms with Gasteiger partial charge in [-0.2, -0.15) is 0 Å². The Morgan fingerprint density at radius 1 is 1.60 bits per heavy atom. The molecule has 0 saturated carbocycles. The minimum atomic E-state index is -1.26. The summed E-state index contributed by atoms with van der Waals surface area (Å²) < 4.78 is 0. The van der Waals surface area contributed by atoms with Crippen LogP contribution >= 0.6 is 0 Å². The number of carboxylic acids is 1. The third-order valence-electron chi connectivity index (χ3n) is 0.778. The van der Waals surface area contributed by atoms with Crippen LogP contribution in [-0.2, 0) is 4.79 Å². The van der Waals surface area contributed by atoms with E-state index in [1.165, 1.54) is 6.20 Å². The zero-order chi connectivity index (χ0) is 8.15. The molecule has 0 heterocycles. The van der Waals surface area contributed by atoms with Crippen molar-refractivity contribution < 1.29 is 9.90 Å². The Morgan fingerprint density at radius 3 is 2.40 bits per heavy atom. The van der Waals surface area contributed by atoms with Gasteiger partial charge >= 0.3 is 5.97 Å². The fraction of sp³-hybridized carbons (Fsp3) is 0. The summed E-state index contributed by atoms with van der Waals surface area (Å²) in [4.78, 5) is 10.1. The number of hydrogen-bond donors (Lipinski definition) is 4. The Morgan fingerprint density at radius 2 is 2.10 bits per heavy atom. The number of rotatable bonds is 3. The maximum Gasteiger partial charge on any atom is 0.355 e. The lowest BCUT2D eigenvalue weighted by Crippen LogP contribution is -2.24. The fourth-order valence-corrected chi connectivity index (χ4v) is 0.303. The van der Waals surface area contributed by atoms with E-state index in [4.69, 9.17) is 16.6 Å². The molecule has 0 aliphatic heterocycles. The summed E-state index contributed by atoms with van der Waals surface area (Å²) in [6.45, 7) is 3.27. The minimum Gasteiger partial charge on any atom is -0.476 e. The lowest BCUT2D eigenvalue weighted by Gasteiger charge is -2.00. The zero-order valence-electron chi connectivity index (χ0n) is 5.29. The average molecular weight is 143 g/mol. The number of carboxylic acid groups (broad SMARTS) is 1. The van der Waals surface area contributed by atoms with E-state index in [9.17, 15) is 4.79 Å². The predicted octanol–water partition coefficient (Wildman–Crippen LogP) is -1.11. The number of aliphatic carboxylic acids is 1. The molecule has 0 aromatic rings. The molecule has 0 atom stereocenters. The van der Waals surface area contributed by atoms with Crippen LogP contribution in [0.1, 0.15) is 0 Å². The van der Waals surface area contributed by atoms with Gasteiger partial charge in [-0.05, 0) is 6.20 Å². The van der Waals surface area contributed by atoms with Crippen molar-refractivity contribution in [3.8, 4) is 0 Å². The highest BCUT2D eigenvalue weighted by Gasteiger charge is 2.04. The van der Waals surface area contributed by atoms with Gasteiger partial charge in [0, 0.05) is 0 Å². The summed E-state index contributed by atoms with van der Waals surface area (Å²) in [5.41, 5.74) is 9.69. The molecule has 0 rings (SSSR count). The standard InChI is InChI=1S/C5H9N3O2/c1-2-8-4(7)3(6)5(9)10/h2,8H,1,6-7H2,(H,9,10)/b4-3-. The third-order valence-corrected chi connectivity index (χ3v) is 0.778. The minimum absolute atomic E-state index is 0.109. The second kappa shape index (κ2) is 3.39. The first-order valence-corrected chi connectivity index (χ1v) is 2.45. The molecule has 0 aliphatic rings. The number of nitrogens with one attached hydrogen (secondary N) is 1. The van der Waals surface area contributed by atoms with Gasteiger partial charge in [-0.15, -0.1) is 0 Å². The van der Waals surface area contributed by atoms with Crippen molar-refractivity contribution >= 4 is 5.97 Å². The lowest BCUT2D eigenvalue weighted by atomic mass is 10.4. The Hall–Kier alpha value is -1.65. The summed E-state index contributed by atoms with van der Waals surface area (Å²) in [5, 5.41) is 10.6. The molecule has 0 spiro atoms. The van der Waals surface area contributed by atoms with Crippen LogP contribution in [0.4, 0.5) is 0 Å². The highest BCUT2D eigenvalue weighted by Crippen LogP contribution is 1.85. The molecule has 6 N–H and O–H groups in total. The molecule has 0 saturated heterocycles. The number of nitrogens with two attached hydrogens (primary N) is 2. The second-order valence-corrected chi connectivity index (χ2v) is 1.48. The van der Waals surface area contributed by atoms with Crippen molar-refractivity contribution in [1.82, 2.24) is 5.32 Å². The number of carbonyl (C=O) groups is 1. The van der Waals surface area contributed by atoms with Gasteiger partial charge in [0.2, 0.25) is 0 Å². The highest BCUT2D eigenvalue weighted by atomic mass is 16.4. The van der Waals surface area contributed by atoms with E-state index in [0.717, 1.165) is 0 Å². The molecule has 56 valence electrons. The van der Waals surface area contributed by atoms with E-state index in [2.05, 4.69) is 11.9 Å². The normalized spacial score (nSPS) is 11.6. The molecule has 0 aromatic heterocycles. The largest absolute Gasteiger partial charge is 0.476 e. The summed E-state index contributed by atoms with van der Waals surface area (Å²) >= 11 is 0. The van der Waals surface area contributed by atoms with Crippen LogP contribution < -0.4 is 16.8 Å². The van der Waals surface area contributed by atoms with Gasteiger partial charge in [0.25, 0.3) is 0 Å². The van der Waals surface area contributed by atoms with Crippen LogP contribution in [0.5, 0.6) is 0 Å². The first-order valence-electron chi connectivity index (χ1n) is 2.45. The van der Waals surface area contributed by atoms with Gasteiger partial charge in [0.05, 0.1) is 0 Å². The first kappa shape index (κ1) is 8.35. The molecule has 5 heteroatoms. The van der Waals surface area contributed by atoms with Gasteiger partial charge in [0.1, 0.15) is 5.82 Å². The van der Waals surface area contributed by atoms with Crippen LogP contribution in [0.15, 0.2) is 24.3 Å². The van der Waals surface area contributed by atoms with Crippen LogP contribution in [0.25, 0.3) is 0 Å². The average Bonchev–Trinajstić information content (AvgIpc) is 1.87. The lowest BCUT2D eigenvalue weighted by molar-refractivity contribution is -0.132. The topological polar surface area (TPSA) is 101 Å². The summed E-state index contributed by atoms with van der Waals surface area (Å²) in [5.74, 6) is -1.37. The maximum atomic E-state index is 10.1. The molecule has 0 aliphatic carbocycles. The van der Waals surface area contributed by atoms with E-state index in [0.29, 0.717) is 0 Å². The van der Waals surface area contributed by atoms with Crippen molar-refractivity contribution in [3.63, 3.8) is 0 Å². The van der Waals surface area contributed by atoms with E-state index in [1.54, 1.807) is 0 Å². The summed E-state index contributed by atoms with van der Waals surface area (Å²) in [6.07, 6.45) is 1.24. The van der Waals surface area contributed by atoms with Crippen LogP contribution in [0.2, 0.25) is 0 Å². The molecule has 0 aromatic carbocycles. The van der Waals surface area contributed by atoms with Gasteiger partial charge in [0.15, 0.2) is 5.70 Å². The maximum absolute atomic E-state index is 10.1. The van der Waals surface area contributed by atoms with Crippen LogP contribution in [0.3, 0.4) is 0 Å². The van der Waals surface area contributed by atoms with Crippen molar-refractivity contribution in [2.45, 2.75) is 0 Å². The molecule has 5 nitrogen and oxygen atoms in total. The molecular formula is C5H9N3O2. The second-order valence-electron chi connectivity index (χ2n) is 1.48. The quantitative estimate of drug-likeness (QED) is 0.375. The van der Waals surface area contributed by atoms with Crippen molar-refractivity contribution in [3.05, 3.63) is 24.3 Å². The summed E-state index contributed by atoms with van der Waals surface area (Å²) in [7, 11) is 0. The third kappa shape index (κ3) is 2.08. The molecule has 0 fully saturated rings. The molecule has 0 unspecified atom stereocenters. The van der Waals surface area contributed by atoms with E-state index in [-0.39, 0.29) is 5.82 Å². The zero-order valence-corrected chi connectivity index (χ0v) is 5.29. The van der Waals surface area contributed by atoms with E-state index in [1.807, 2.05) is 0 Å². The monoisotopic (exact) mass is 143 g/mol. The molecule has 0 amide bonds. The fourth-order valence-electron chi connectivity index (χ4n) is 0.303. The number of hydrogen-bond acceptors (Lipinski definition) is 4. The van der Waals surface area contributed by atoms with Crippen molar-refractivity contribution in [2.75, 3.05) is 0 Å². The highest BCUT2D eigenvalue weighted by molar-refractivity contribution is 5.86.